The summed E-state index contributed by atoms with van der Waals surface area (Å²) in [6, 6.07) is 2.14. The van der Waals surface area contributed by atoms with E-state index in [2.05, 4.69) is 53.2 Å². The van der Waals surface area contributed by atoms with E-state index in [1.54, 1.807) is 11.3 Å². The Morgan fingerprint density at radius 1 is 1.57 bits per heavy atom. The van der Waals surface area contributed by atoms with E-state index in [0.717, 1.165) is 17.4 Å². The van der Waals surface area contributed by atoms with E-state index in [1.807, 2.05) is 0 Å². The van der Waals surface area contributed by atoms with Crippen LogP contribution in [0, 0.1) is 0 Å². The summed E-state index contributed by atoms with van der Waals surface area (Å²) in [5.74, 6) is 0. The maximum atomic E-state index is 5.60. The third-order valence-electron chi connectivity index (χ3n) is 2.55. The van der Waals surface area contributed by atoms with Crippen molar-refractivity contribution in [1.29, 1.82) is 0 Å². The second-order valence-corrected chi connectivity index (χ2v) is 5.82. The van der Waals surface area contributed by atoms with Crippen LogP contribution in [0.2, 0.25) is 0 Å². The highest BCUT2D eigenvalue weighted by Crippen LogP contribution is 2.32. The van der Waals surface area contributed by atoms with E-state index in [0.29, 0.717) is 0 Å². The molecule has 80 valence electrons. The number of thiophene rings is 1. The standard InChI is InChI=1S/C10H17BrN2S/c1-10(2,4-5-12)13(3)9-6-8(11)7-14-9/h6-7H,4-5,12H2,1-3H3. The van der Waals surface area contributed by atoms with Gasteiger partial charge in [-0.1, -0.05) is 0 Å². The van der Waals surface area contributed by atoms with Gasteiger partial charge in [-0.25, -0.2) is 0 Å². The van der Waals surface area contributed by atoms with Gasteiger partial charge < -0.3 is 10.6 Å². The maximum absolute atomic E-state index is 5.60. The monoisotopic (exact) mass is 276 g/mol. The van der Waals surface area contributed by atoms with Gasteiger partial charge in [0.05, 0.1) is 5.00 Å². The van der Waals surface area contributed by atoms with Gasteiger partial charge in [0.1, 0.15) is 0 Å². The molecule has 1 rings (SSSR count). The van der Waals surface area contributed by atoms with Gasteiger partial charge in [-0.2, -0.15) is 0 Å². The smallest absolute Gasteiger partial charge is 0.0922 e. The number of hydrogen-bond donors (Lipinski definition) is 1. The molecule has 1 aromatic heterocycles. The highest BCUT2D eigenvalue weighted by Gasteiger charge is 2.23. The molecule has 2 nitrogen and oxygen atoms in total. The zero-order chi connectivity index (χ0) is 10.8. The molecule has 1 aromatic rings. The lowest BCUT2D eigenvalue weighted by Crippen LogP contribution is -2.42. The van der Waals surface area contributed by atoms with Crippen molar-refractivity contribution in [3.8, 4) is 0 Å². The highest BCUT2D eigenvalue weighted by atomic mass is 79.9. The molecule has 0 amide bonds. The number of nitrogens with zero attached hydrogens (tertiary/aromatic N) is 1. The first-order valence-corrected chi connectivity index (χ1v) is 6.32. The molecule has 0 atom stereocenters. The molecule has 2 N–H and O–H groups in total. The SMILES string of the molecule is CN(c1cc(Br)cs1)C(C)(C)CCN. The molecule has 1 heterocycles. The van der Waals surface area contributed by atoms with Gasteiger partial charge in [0.2, 0.25) is 0 Å². The molecule has 0 spiro atoms. The normalized spacial score (nSPS) is 11.8. The fourth-order valence-corrected chi connectivity index (χ4v) is 2.85. The Balaban J connectivity index is 2.78. The van der Waals surface area contributed by atoms with Crippen molar-refractivity contribution in [2.24, 2.45) is 5.73 Å². The summed E-state index contributed by atoms with van der Waals surface area (Å²) < 4.78 is 1.15. The van der Waals surface area contributed by atoms with Gasteiger partial charge in [-0.3, -0.25) is 0 Å². The quantitative estimate of drug-likeness (QED) is 0.916. The molecule has 0 saturated carbocycles. The first kappa shape index (κ1) is 12.0. The Hall–Kier alpha value is -0.0600. The van der Waals surface area contributed by atoms with Crippen LogP contribution in [0.3, 0.4) is 0 Å². The summed E-state index contributed by atoms with van der Waals surface area (Å²) in [5.41, 5.74) is 5.73. The van der Waals surface area contributed by atoms with E-state index in [1.165, 1.54) is 5.00 Å². The summed E-state index contributed by atoms with van der Waals surface area (Å²) in [5, 5.41) is 3.37. The van der Waals surface area contributed by atoms with Crippen molar-refractivity contribution in [3.63, 3.8) is 0 Å². The average molecular weight is 277 g/mol. The van der Waals surface area contributed by atoms with Crippen LogP contribution < -0.4 is 10.6 Å². The number of rotatable bonds is 4. The van der Waals surface area contributed by atoms with Crippen molar-refractivity contribution >= 4 is 32.3 Å². The Morgan fingerprint density at radius 3 is 2.64 bits per heavy atom. The third kappa shape index (κ3) is 2.72. The van der Waals surface area contributed by atoms with Crippen LogP contribution >= 0.6 is 27.3 Å². The largest absolute Gasteiger partial charge is 0.361 e. The van der Waals surface area contributed by atoms with Crippen LogP contribution in [-0.4, -0.2) is 19.1 Å². The van der Waals surface area contributed by atoms with Crippen LogP contribution in [0.1, 0.15) is 20.3 Å². The van der Waals surface area contributed by atoms with Crippen molar-refractivity contribution in [2.45, 2.75) is 25.8 Å². The molecule has 0 aromatic carbocycles. The molecular formula is C10H17BrN2S. The molecule has 0 unspecified atom stereocenters. The van der Waals surface area contributed by atoms with E-state index in [-0.39, 0.29) is 5.54 Å². The summed E-state index contributed by atoms with van der Waals surface area (Å²) >= 11 is 5.21. The van der Waals surface area contributed by atoms with Gasteiger partial charge in [0.15, 0.2) is 0 Å². The lowest BCUT2D eigenvalue weighted by molar-refractivity contribution is 0.458. The summed E-state index contributed by atoms with van der Waals surface area (Å²) in [6.45, 7) is 5.16. The topological polar surface area (TPSA) is 29.3 Å². The fraction of sp³-hybridized carbons (Fsp3) is 0.600. The first-order valence-electron chi connectivity index (χ1n) is 4.65. The lowest BCUT2D eigenvalue weighted by Gasteiger charge is -2.36. The molecule has 0 aliphatic carbocycles. The molecule has 0 radical (unpaired) electrons. The van der Waals surface area contributed by atoms with Crippen LogP contribution in [0.25, 0.3) is 0 Å². The summed E-state index contributed by atoms with van der Waals surface area (Å²) in [7, 11) is 2.12. The van der Waals surface area contributed by atoms with Crippen molar-refractivity contribution in [3.05, 3.63) is 15.9 Å². The van der Waals surface area contributed by atoms with E-state index < -0.39 is 0 Å². The zero-order valence-electron chi connectivity index (χ0n) is 8.88. The van der Waals surface area contributed by atoms with E-state index >= 15 is 0 Å². The number of anilines is 1. The Bertz CT molecular complexity index is 296. The maximum Gasteiger partial charge on any atom is 0.0922 e. The molecular weight excluding hydrogens is 260 g/mol. The summed E-state index contributed by atoms with van der Waals surface area (Å²) in [4.78, 5) is 2.29. The number of halogens is 1. The molecule has 4 heteroatoms. The molecule has 0 saturated heterocycles. The van der Waals surface area contributed by atoms with Gasteiger partial charge in [0.25, 0.3) is 0 Å². The predicted molar refractivity (Wildman–Crippen MR) is 68.2 cm³/mol. The highest BCUT2D eigenvalue weighted by molar-refractivity contribution is 9.10. The van der Waals surface area contributed by atoms with Crippen LogP contribution in [0.5, 0.6) is 0 Å². The second kappa shape index (κ2) is 4.64. The van der Waals surface area contributed by atoms with Gasteiger partial charge in [-0.15, -0.1) is 11.3 Å². The van der Waals surface area contributed by atoms with Crippen molar-refractivity contribution in [2.75, 3.05) is 18.5 Å². The van der Waals surface area contributed by atoms with Crippen LogP contribution in [-0.2, 0) is 0 Å². The predicted octanol–water partition coefficient (Wildman–Crippen LogP) is 3.07. The zero-order valence-corrected chi connectivity index (χ0v) is 11.3. The number of nitrogens with two attached hydrogens (primary N) is 1. The molecule has 0 aliphatic heterocycles. The van der Waals surface area contributed by atoms with Crippen molar-refractivity contribution in [1.82, 2.24) is 0 Å². The average Bonchev–Trinajstić information content (AvgIpc) is 2.50. The Kier molecular flexibility index (Phi) is 3.98. The van der Waals surface area contributed by atoms with Gasteiger partial charge in [-0.05, 0) is 48.8 Å². The Morgan fingerprint density at radius 2 is 2.21 bits per heavy atom. The summed E-state index contributed by atoms with van der Waals surface area (Å²) in [6.07, 6.45) is 0.999. The number of hydrogen-bond acceptors (Lipinski definition) is 3. The lowest BCUT2D eigenvalue weighted by atomic mass is 9.99. The minimum Gasteiger partial charge on any atom is -0.361 e. The minimum absolute atomic E-state index is 0.124. The first-order chi connectivity index (χ1) is 6.47. The van der Waals surface area contributed by atoms with Crippen LogP contribution in [0.4, 0.5) is 5.00 Å². The van der Waals surface area contributed by atoms with Crippen LogP contribution in [0.15, 0.2) is 15.9 Å². The molecule has 14 heavy (non-hydrogen) atoms. The van der Waals surface area contributed by atoms with E-state index in [4.69, 9.17) is 5.73 Å². The second-order valence-electron chi connectivity index (χ2n) is 4.01. The minimum atomic E-state index is 0.124. The molecule has 0 fully saturated rings. The fourth-order valence-electron chi connectivity index (χ4n) is 1.30. The van der Waals surface area contributed by atoms with Gasteiger partial charge in [0, 0.05) is 22.4 Å². The Labute approximate surface area is 98.2 Å². The van der Waals surface area contributed by atoms with E-state index in [9.17, 15) is 0 Å². The molecule has 0 aliphatic rings. The van der Waals surface area contributed by atoms with Gasteiger partial charge >= 0.3 is 0 Å². The molecule has 0 bridgehead atoms. The van der Waals surface area contributed by atoms with Crippen molar-refractivity contribution < 1.29 is 0 Å². The third-order valence-corrected chi connectivity index (χ3v) is 4.31.